The van der Waals surface area contributed by atoms with Gasteiger partial charge >= 0.3 is 0 Å². The lowest BCUT2D eigenvalue weighted by atomic mass is 9.98. The third kappa shape index (κ3) is 32.8. The summed E-state index contributed by atoms with van der Waals surface area (Å²) in [6.45, 7) is 4.67. The van der Waals surface area contributed by atoms with E-state index in [0.29, 0.717) is 18.7 Å². The average Bonchev–Trinajstić information content (AvgIpc) is 3.36. The smallest absolute Gasteiger partial charge is 0.271 e. The van der Waals surface area contributed by atoms with Crippen molar-refractivity contribution < 1.29 is 44.7 Å². The maximum atomic E-state index is 11.4. The van der Waals surface area contributed by atoms with Crippen LogP contribution >= 0.6 is 12.2 Å². The van der Waals surface area contributed by atoms with Gasteiger partial charge < -0.3 is 50.4 Å². The molecule has 2 rings (SSSR count). The number of anilines is 1. The van der Waals surface area contributed by atoms with E-state index in [2.05, 4.69) is 24.5 Å². The van der Waals surface area contributed by atoms with Gasteiger partial charge in [0.1, 0.15) is 31.0 Å². The SMILES string of the molecule is CCCCCCCCCCCCCCCCCCCCCCCCCCNC(CO[C@H]1O[C@H](COC(=S)Nc2cccc([N+](=O)[O-])c2)[C@H](O)[C@H](O)[C@H]1O)C(O)C(O)CCCCCCCCCCCCCC. The summed E-state index contributed by atoms with van der Waals surface area (Å²) in [5, 5.41) is 72.1. The highest BCUT2D eigenvalue weighted by Crippen LogP contribution is 2.25. The minimum absolute atomic E-state index is 0.132. The van der Waals surface area contributed by atoms with E-state index in [1.807, 2.05) is 0 Å². The predicted octanol–water partition coefficient (Wildman–Crippen LogP) is 13.3. The lowest BCUT2D eigenvalue weighted by Gasteiger charge is -2.40. The van der Waals surface area contributed by atoms with Crippen LogP contribution in [0.2, 0.25) is 0 Å². The topological polar surface area (TPSA) is 196 Å². The molecule has 71 heavy (non-hydrogen) atoms. The minimum Gasteiger partial charge on any atom is -0.468 e. The molecule has 414 valence electrons. The number of ether oxygens (including phenoxy) is 3. The third-order valence-electron chi connectivity index (χ3n) is 14.4. The van der Waals surface area contributed by atoms with Gasteiger partial charge in [0, 0.05) is 17.8 Å². The zero-order valence-corrected chi connectivity index (χ0v) is 45.7. The quantitative estimate of drug-likeness (QED) is 0.0141. The number of hydrogen-bond donors (Lipinski definition) is 7. The maximum absolute atomic E-state index is 11.4. The Balaban J connectivity index is 1.71. The molecule has 0 amide bonds. The number of nitrogens with zero attached hydrogens (tertiary/aromatic N) is 1. The lowest BCUT2D eigenvalue weighted by molar-refractivity contribution is -0.384. The first-order valence-electron chi connectivity index (χ1n) is 29.2. The molecule has 8 atom stereocenters. The summed E-state index contributed by atoms with van der Waals surface area (Å²) in [5.74, 6) is 0. The molecule has 0 spiro atoms. The lowest BCUT2D eigenvalue weighted by Crippen LogP contribution is -2.60. The Morgan fingerprint density at radius 1 is 0.634 bits per heavy atom. The van der Waals surface area contributed by atoms with E-state index in [9.17, 15) is 35.6 Å². The molecule has 1 fully saturated rings. The Hall–Kier alpha value is -2.01. The number of rotatable bonds is 48. The van der Waals surface area contributed by atoms with Crippen LogP contribution in [0.3, 0.4) is 0 Å². The fraction of sp³-hybridized carbons (Fsp3) is 0.877. The molecule has 1 saturated heterocycles. The van der Waals surface area contributed by atoms with E-state index in [-0.39, 0.29) is 24.1 Å². The maximum Gasteiger partial charge on any atom is 0.271 e. The summed E-state index contributed by atoms with van der Waals surface area (Å²) >= 11 is 5.24. The molecular weight excluding hydrogens is 919 g/mol. The zero-order chi connectivity index (χ0) is 51.6. The van der Waals surface area contributed by atoms with Gasteiger partial charge in [0.15, 0.2) is 6.29 Å². The van der Waals surface area contributed by atoms with Gasteiger partial charge in [-0.3, -0.25) is 10.1 Å². The van der Waals surface area contributed by atoms with E-state index < -0.39 is 53.9 Å². The van der Waals surface area contributed by atoms with Crippen LogP contribution in [0.15, 0.2) is 24.3 Å². The fourth-order valence-corrected chi connectivity index (χ4v) is 9.87. The second-order valence-electron chi connectivity index (χ2n) is 20.8. The predicted molar refractivity (Wildman–Crippen MR) is 294 cm³/mol. The number of non-ortho nitro benzene ring substituents is 1. The zero-order valence-electron chi connectivity index (χ0n) is 44.8. The number of aliphatic hydroxyl groups is 5. The van der Waals surface area contributed by atoms with Crippen molar-refractivity contribution in [2.75, 3.05) is 25.1 Å². The molecule has 0 aromatic heterocycles. The molecule has 14 heteroatoms. The van der Waals surface area contributed by atoms with Crippen LogP contribution < -0.4 is 10.6 Å². The first kappa shape index (κ1) is 65.1. The Bertz CT molecular complexity index is 1420. The Morgan fingerprint density at radius 2 is 1.06 bits per heavy atom. The number of hydrogen-bond acceptors (Lipinski definition) is 12. The van der Waals surface area contributed by atoms with Crippen LogP contribution in [-0.4, -0.2) is 104 Å². The molecule has 1 heterocycles. The highest BCUT2D eigenvalue weighted by Gasteiger charge is 2.45. The van der Waals surface area contributed by atoms with E-state index in [0.717, 1.165) is 38.5 Å². The van der Waals surface area contributed by atoms with E-state index in [1.54, 1.807) is 6.07 Å². The molecule has 1 aromatic rings. The largest absolute Gasteiger partial charge is 0.468 e. The van der Waals surface area contributed by atoms with Crippen LogP contribution in [0.4, 0.5) is 11.4 Å². The molecule has 3 unspecified atom stereocenters. The van der Waals surface area contributed by atoms with Crippen molar-refractivity contribution in [3.63, 3.8) is 0 Å². The average molecular weight is 1020 g/mol. The number of benzene rings is 1. The van der Waals surface area contributed by atoms with E-state index >= 15 is 0 Å². The van der Waals surface area contributed by atoms with Gasteiger partial charge in [-0.15, -0.1) is 0 Å². The van der Waals surface area contributed by atoms with Crippen molar-refractivity contribution in [2.24, 2.45) is 0 Å². The van der Waals surface area contributed by atoms with E-state index in [1.165, 1.54) is 211 Å². The van der Waals surface area contributed by atoms with Crippen molar-refractivity contribution in [3.8, 4) is 0 Å². The number of nitro groups is 1. The normalized spacial score (nSPS) is 19.4. The second kappa shape index (κ2) is 44.3. The van der Waals surface area contributed by atoms with Gasteiger partial charge in [0.05, 0.1) is 29.8 Å². The van der Waals surface area contributed by atoms with Gasteiger partial charge in [0.25, 0.3) is 10.9 Å². The highest BCUT2D eigenvalue weighted by molar-refractivity contribution is 7.80. The molecule has 7 N–H and O–H groups in total. The van der Waals surface area contributed by atoms with Crippen LogP contribution in [-0.2, 0) is 14.2 Å². The van der Waals surface area contributed by atoms with Gasteiger partial charge in [0.2, 0.25) is 0 Å². The molecule has 0 aliphatic carbocycles. The molecule has 0 radical (unpaired) electrons. The van der Waals surface area contributed by atoms with E-state index in [4.69, 9.17) is 26.4 Å². The summed E-state index contributed by atoms with van der Waals surface area (Å²) in [4.78, 5) is 10.6. The first-order chi connectivity index (χ1) is 34.6. The third-order valence-corrected chi connectivity index (χ3v) is 14.6. The molecular formula is C57H105N3O10S. The molecule has 0 saturated carbocycles. The van der Waals surface area contributed by atoms with Crippen molar-refractivity contribution >= 4 is 28.8 Å². The van der Waals surface area contributed by atoms with Crippen LogP contribution in [0.1, 0.15) is 251 Å². The summed E-state index contributed by atoms with van der Waals surface area (Å²) in [6.07, 6.45) is 37.5. The first-order valence-corrected chi connectivity index (χ1v) is 29.6. The summed E-state index contributed by atoms with van der Waals surface area (Å²) in [7, 11) is 0. The molecule has 0 bridgehead atoms. The Morgan fingerprint density at radius 3 is 1.49 bits per heavy atom. The second-order valence-corrected chi connectivity index (χ2v) is 21.2. The van der Waals surface area contributed by atoms with Crippen molar-refractivity contribution in [1.82, 2.24) is 5.32 Å². The standard InChI is InChI=1S/C57H105N3O10S/c1-3-5-7-9-11-13-15-17-18-19-20-21-22-23-24-25-26-27-28-30-32-34-36-38-43-58-49(52(62)50(61)42-37-35-33-31-29-16-14-12-10-8-6-4-2)45-68-56-55(65)54(64)53(63)51(70-56)46-69-57(71)59-47-40-39-41-48(44-47)60(66)67/h39-41,44,49-56,58,61-65H,3-38,42-43,45-46H2,1-2H3,(H,59,71)/t49?,50?,51-,52?,53+,54+,55-,56+/m1/s1. The minimum atomic E-state index is -1.63. The molecule has 1 aliphatic rings. The van der Waals surface area contributed by atoms with Gasteiger partial charge in [-0.25, -0.2) is 0 Å². The number of aliphatic hydroxyl groups excluding tert-OH is 5. The summed E-state index contributed by atoms with van der Waals surface area (Å²) in [6, 6.07) is 5.03. The highest BCUT2D eigenvalue weighted by atomic mass is 32.1. The molecule has 13 nitrogen and oxygen atoms in total. The van der Waals surface area contributed by atoms with Gasteiger partial charge in [-0.1, -0.05) is 245 Å². The van der Waals surface area contributed by atoms with Crippen molar-refractivity contribution in [3.05, 3.63) is 34.4 Å². The van der Waals surface area contributed by atoms with Crippen LogP contribution in [0, 0.1) is 10.1 Å². The van der Waals surface area contributed by atoms with Crippen molar-refractivity contribution in [1.29, 1.82) is 0 Å². The number of nitrogens with one attached hydrogen (secondary N) is 2. The van der Waals surface area contributed by atoms with Crippen LogP contribution in [0.5, 0.6) is 0 Å². The summed E-state index contributed by atoms with van der Waals surface area (Å²) in [5.41, 5.74) is 0.196. The number of thiocarbonyl (C=S) groups is 1. The Kier molecular flexibility index (Phi) is 40.6. The monoisotopic (exact) mass is 1020 g/mol. The summed E-state index contributed by atoms with van der Waals surface area (Å²) < 4.78 is 17.4. The number of unbranched alkanes of at least 4 members (excludes halogenated alkanes) is 34. The van der Waals surface area contributed by atoms with Gasteiger partial charge in [-0.05, 0) is 37.7 Å². The van der Waals surface area contributed by atoms with Crippen LogP contribution in [0.25, 0.3) is 0 Å². The van der Waals surface area contributed by atoms with Gasteiger partial charge in [-0.2, -0.15) is 0 Å². The number of nitro benzene ring substituents is 1. The molecule has 1 aliphatic heterocycles. The van der Waals surface area contributed by atoms with Crippen molar-refractivity contribution in [2.45, 2.75) is 300 Å². The molecule has 1 aromatic carbocycles. The fourth-order valence-electron chi connectivity index (χ4n) is 9.69. The Labute approximate surface area is 436 Å².